The number of hydrogen-bond acceptors (Lipinski definition) is 1. The average molecular weight is 74.0 g/mol. The molecule has 0 aliphatic heterocycles. The molecule has 0 spiro atoms. The molecule has 0 radical (unpaired) electrons. The standard InChI is InChI=1S/CH3FO.Na.H/c2-1-3;;/h3H,1H2;;. The monoisotopic (exact) mass is 74.0 g/mol. The van der Waals surface area contributed by atoms with Crippen LogP contribution in [0.25, 0.3) is 0 Å². The Bertz CT molecular complexity index is 8.00. The van der Waals surface area contributed by atoms with Crippen molar-refractivity contribution < 1.29 is 9.50 Å². The van der Waals surface area contributed by atoms with Crippen LogP contribution in [0.3, 0.4) is 0 Å². The zero-order valence-electron chi connectivity index (χ0n) is 1.53. The molecule has 0 saturated heterocycles. The molecule has 4 heavy (non-hydrogen) atoms. The summed E-state index contributed by atoms with van der Waals surface area (Å²) in [4.78, 5) is 0. The molecule has 0 aliphatic carbocycles. The van der Waals surface area contributed by atoms with E-state index in [9.17, 15) is 4.39 Å². The number of rotatable bonds is 0. The minimum atomic E-state index is -1.25. The van der Waals surface area contributed by atoms with E-state index < -0.39 is 6.86 Å². The van der Waals surface area contributed by atoms with E-state index in [1.807, 2.05) is 0 Å². The van der Waals surface area contributed by atoms with Gasteiger partial charge in [-0.2, -0.15) is 0 Å². The first kappa shape index (κ1) is 8.86. The second-order valence-electron chi connectivity index (χ2n) is 0.120. The molecular formula is CH4FNaO. The Balaban J connectivity index is 0. The Morgan fingerprint density at radius 1 is 1.75 bits per heavy atom. The molecule has 0 atom stereocenters. The van der Waals surface area contributed by atoms with Crippen LogP contribution < -0.4 is 0 Å². The van der Waals surface area contributed by atoms with E-state index in [4.69, 9.17) is 5.11 Å². The van der Waals surface area contributed by atoms with Crippen molar-refractivity contribution in [2.75, 3.05) is 6.86 Å². The van der Waals surface area contributed by atoms with E-state index in [0.717, 1.165) is 0 Å². The summed E-state index contributed by atoms with van der Waals surface area (Å²) in [5.74, 6) is 0. The van der Waals surface area contributed by atoms with Gasteiger partial charge in [0.05, 0.1) is 0 Å². The Hall–Kier alpha value is 0.890. The molecule has 0 unspecified atom stereocenters. The Kier molecular flexibility index (Phi) is 20.1. The molecule has 1 N–H and O–H groups in total. The molecule has 0 fully saturated rings. The summed E-state index contributed by atoms with van der Waals surface area (Å²) < 4.78 is 9.85. The Morgan fingerprint density at radius 2 is 1.75 bits per heavy atom. The van der Waals surface area contributed by atoms with E-state index in [-0.39, 0.29) is 29.6 Å². The molecule has 0 aliphatic rings. The molecule has 0 bridgehead atoms. The van der Waals surface area contributed by atoms with Gasteiger partial charge in [0.1, 0.15) is 0 Å². The minimum absolute atomic E-state index is 0. The molecule has 22 valence electrons. The van der Waals surface area contributed by atoms with E-state index in [2.05, 4.69) is 0 Å². The predicted octanol–water partition coefficient (Wildman–Crippen LogP) is -0.743. The molecular weight excluding hydrogens is 70.0 g/mol. The SMILES string of the molecule is OCF.[NaH]. The van der Waals surface area contributed by atoms with Crippen LogP contribution in [-0.2, 0) is 0 Å². The number of aliphatic hydroxyl groups excluding tert-OH is 1. The van der Waals surface area contributed by atoms with Crippen molar-refractivity contribution in [2.45, 2.75) is 0 Å². The number of aliphatic hydroxyl groups is 1. The van der Waals surface area contributed by atoms with Crippen molar-refractivity contribution in [1.82, 2.24) is 0 Å². The van der Waals surface area contributed by atoms with Crippen LogP contribution in [0, 0.1) is 0 Å². The topological polar surface area (TPSA) is 20.2 Å². The van der Waals surface area contributed by atoms with Gasteiger partial charge in [0.25, 0.3) is 0 Å². The van der Waals surface area contributed by atoms with Gasteiger partial charge < -0.3 is 5.11 Å². The normalized spacial score (nSPS) is 4.50. The molecule has 0 heterocycles. The van der Waals surface area contributed by atoms with Crippen molar-refractivity contribution in [2.24, 2.45) is 0 Å². The molecule has 3 heteroatoms. The molecule has 0 aromatic carbocycles. The maximum atomic E-state index is 9.85. The van der Waals surface area contributed by atoms with Crippen LogP contribution in [0.4, 0.5) is 4.39 Å². The molecule has 0 aromatic rings. The van der Waals surface area contributed by atoms with Gasteiger partial charge in [0.15, 0.2) is 6.86 Å². The fraction of sp³-hybridized carbons (Fsp3) is 1.00. The summed E-state index contributed by atoms with van der Waals surface area (Å²) in [5.41, 5.74) is 0. The predicted molar refractivity (Wildman–Crippen MR) is 15.3 cm³/mol. The van der Waals surface area contributed by atoms with Gasteiger partial charge in [-0.1, -0.05) is 0 Å². The Labute approximate surface area is 46.1 Å². The zero-order valence-corrected chi connectivity index (χ0v) is 1.53. The fourth-order valence-corrected chi connectivity index (χ4v) is 0. The van der Waals surface area contributed by atoms with Crippen molar-refractivity contribution in [3.05, 3.63) is 0 Å². The molecule has 1 nitrogen and oxygen atoms in total. The summed E-state index contributed by atoms with van der Waals surface area (Å²) >= 11 is 0. The van der Waals surface area contributed by atoms with Crippen LogP contribution in [0.15, 0.2) is 0 Å². The van der Waals surface area contributed by atoms with Gasteiger partial charge in [-0.15, -0.1) is 0 Å². The van der Waals surface area contributed by atoms with Crippen molar-refractivity contribution in [3.8, 4) is 0 Å². The second kappa shape index (κ2) is 9.10. The van der Waals surface area contributed by atoms with Gasteiger partial charge in [-0.05, 0) is 0 Å². The first-order chi connectivity index (χ1) is 1.41. The zero-order chi connectivity index (χ0) is 2.71. The third-order valence-corrected chi connectivity index (χ3v) is 0. The van der Waals surface area contributed by atoms with Crippen LogP contribution in [0.5, 0.6) is 0 Å². The van der Waals surface area contributed by atoms with E-state index in [1.165, 1.54) is 0 Å². The summed E-state index contributed by atoms with van der Waals surface area (Å²) in [5, 5.41) is 6.90. The van der Waals surface area contributed by atoms with Gasteiger partial charge in [0.2, 0.25) is 0 Å². The number of hydrogen-bond donors (Lipinski definition) is 1. The quantitative estimate of drug-likeness (QED) is 0.375. The number of alkyl halides is 1. The summed E-state index contributed by atoms with van der Waals surface area (Å²) in [7, 11) is 0. The van der Waals surface area contributed by atoms with Gasteiger partial charge in [-0.3, -0.25) is 0 Å². The average Bonchev–Trinajstić information content (AvgIpc) is 0.918. The maximum absolute atomic E-state index is 9.85. The van der Waals surface area contributed by atoms with Crippen LogP contribution >= 0.6 is 0 Å². The van der Waals surface area contributed by atoms with Crippen LogP contribution in [0.2, 0.25) is 0 Å². The van der Waals surface area contributed by atoms with Gasteiger partial charge in [-0.25, -0.2) is 4.39 Å². The first-order valence-corrected chi connectivity index (χ1v) is 0.583. The van der Waals surface area contributed by atoms with Crippen molar-refractivity contribution in [3.63, 3.8) is 0 Å². The second-order valence-corrected chi connectivity index (χ2v) is 0.120. The molecule has 0 aromatic heterocycles. The van der Waals surface area contributed by atoms with Crippen LogP contribution in [0.1, 0.15) is 0 Å². The molecule has 0 saturated carbocycles. The fourth-order valence-electron chi connectivity index (χ4n) is 0. The third kappa shape index (κ3) is 13.0. The van der Waals surface area contributed by atoms with Crippen molar-refractivity contribution >= 4 is 29.6 Å². The van der Waals surface area contributed by atoms with Gasteiger partial charge in [0, 0.05) is 0 Å². The van der Waals surface area contributed by atoms with E-state index >= 15 is 0 Å². The van der Waals surface area contributed by atoms with E-state index in [1.54, 1.807) is 0 Å². The third-order valence-electron chi connectivity index (χ3n) is 0. The first-order valence-electron chi connectivity index (χ1n) is 0.583. The molecule has 0 rings (SSSR count). The number of halogens is 1. The summed E-state index contributed by atoms with van der Waals surface area (Å²) in [6, 6.07) is 0. The van der Waals surface area contributed by atoms with Crippen molar-refractivity contribution in [1.29, 1.82) is 0 Å². The molecule has 0 amide bonds. The van der Waals surface area contributed by atoms with Gasteiger partial charge >= 0.3 is 29.6 Å². The van der Waals surface area contributed by atoms with E-state index in [0.29, 0.717) is 0 Å². The Morgan fingerprint density at radius 3 is 1.75 bits per heavy atom. The summed E-state index contributed by atoms with van der Waals surface area (Å²) in [6.45, 7) is -1.25. The van der Waals surface area contributed by atoms with Crippen LogP contribution in [-0.4, -0.2) is 41.5 Å². The summed E-state index contributed by atoms with van der Waals surface area (Å²) in [6.07, 6.45) is 0.